The SMILES string of the molecule is C[C@@H]1COCCN1c1cc(N=S(C)(C)=O)nc(-c2cc(O)cc(CS(C)(=O)=Nc3cc(N4CCOC[C@H]4C)nc(-c4cnc(N)nc4)n3)c2)n1. The van der Waals surface area contributed by atoms with Crippen LogP contribution in [0.2, 0.25) is 0 Å². The number of ether oxygens (including phenoxy) is 2. The zero-order chi connectivity index (χ0) is 35.6. The molecule has 0 saturated carbocycles. The van der Waals surface area contributed by atoms with Crippen molar-refractivity contribution in [2.75, 3.05) is 73.8 Å². The number of benzene rings is 1. The average molecular weight is 724 g/mol. The van der Waals surface area contributed by atoms with Crippen molar-refractivity contribution in [1.29, 1.82) is 0 Å². The fourth-order valence-electron chi connectivity index (χ4n) is 5.73. The van der Waals surface area contributed by atoms with Gasteiger partial charge in [-0.1, -0.05) is 0 Å². The molecule has 3 atom stereocenters. The topological polar surface area (TPSA) is 207 Å². The third-order valence-electron chi connectivity index (χ3n) is 7.92. The van der Waals surface area contributed by atoms with Crippen LogP contribution in [0.25, 0.3) is 22.8 Å². The lowest BCUT2D eigenvalue weighted by Gasteiger charge is -2.34. The maximum absolute atomic E-state index is 14.2. The van der Waals surface area contributed by atoms with Crippen LogP contribution >= 0.6 is 0 Å². The van der Waals surface area contributed by atoms with Gasteiger partial charge in [-0.2, -0.15) is 8.73 Å². The number of morpholine rings is 2. The first-order chi connectivity index (χ1) is 23.7. The number of hydrogen-bond donors (Lipinski definition) is 2. The number of aromatic hydroxyl groups is 1. The molecule has 4 aromatic rings. The van der Waals surface area contributed by atoms with E-state index in [1.807, 2.05) is 13.8 Å². The molecule has 3 N–H and O–H groups in total. The van der Waals surface area contributed by atoms with Crippen molar-refractivity contribution in [2.24, 2.45) is 8.73 Å². The molecular formula is C32H41N11O5S2. The molecule has 3 aromatic heterocycles. The van der Waals surface area contributed by atoms with Gasteiger partial charge < -0.3 is 30.1 Å². The van der Waals surface area contributed by atoms with E-state index in [1.165, 1.54) is 43.3 Å². The molecule has 18 heteroatoms. The highest BCUT2D eigenvalue weighted by Crippen LogP contribution is 2.31. The van der Waals surface area contributed by atoms with Gasteiger partial charge >= 0.3 is 0 Å². The van der Waals surface area contributed by atoms with Crippen LogP contribution in [0.4, 0.5) is 29.2 Å². The highest BCUT2D eigenvalue weighted by Gasteiger charge is 2.24. The molecule has 266 valence electrons. The van der Waals surface area contributed by atoms with E-state index in [4.69, 9.17) is 25.2 Å². The Morgan fingerprint density at radius 2 is 1.34 bits per heavy atom. The third-order valence-corrected chi connectivity index (χ3v) is 9.99. The molecule has 2 fully saturated rings. The molecule has 0 amide bonds. The maximum atomic E-state index is 14.2. The van der Waals surface area contributed by atoms with Gasteiger partial charge in [-0.3, -0.25) is 0 Å². The molecule has 2 saturated heterocycles. The van der Waals surface area contributed by atoms with Crippen LogP contribution in [-0.2, 0) is 34.7 Å². The third kappa shape index (κ3) is 8.79. The molecule has 50 heavy (non-hydrogen) atoms. The minimum Gasteiger partial charge on any atom is -0.508 e. The summed E-state index contributed by atoms with van der Waals surface area (Å²) in [5.41, 5.74) is 7.25. The molecule has 5 heterocycles. The number of rotatable bonds is 8. The number of phenols is 1. The smallest absolute Gasteiger partial charge is 0.219 e. The summed E-state index contributed by atoms with van der Waals surface area (Å²) < 4.78 is 47.0. The number of phenolic OH excluding ortho intramolecular Hbond substituents is 1. The number of aromatic nitrogens is 6. The number of nitrogen functional groups attached to an aromatic ring is 1. The summed E-state index contributed by atoms with van der Waals surface area (Å²) in [6.45, 7) is 7.42. The largest absolute Gasteiger partial charge is 0.508 e. The highest BCUT2D eigenvalue weighted by molar-refractivity contribution is 7.92. The van der Waals surface area contributed by atoms with Gasteiger partial charge in [0.1, 0.15) is 17.4 Å². The monoisotopic (exact) mass is 723 g/mol. The standard InChI is InChI=1S/C32H41N11O5S2/c1-20-17-47-8-6-42(20)28-13-26(40-49(3,4)45)36-30(38-28)23-10-22(11-25(44)12-23)19-50(5,46)41-27-14-29(43-7-9-48-18-21(43)2)39-31(37-27)24-15-34-32(33)35-16-24/h10-16,20-21,44H,6-9,17-19H2,1-5H3,(H2,33,34,35)/t20-,21-,50?/m1/s1. The van der Waals surface area contributed by atoms with Crippen molar-refractivity contribution < 1.29 is 23.0 Å². The van der Waals surface area contributed by atoms with Crippen molar-refractivity contribution in [3.63, 3.8) is 0 Å². The van der Waals surface area contributed by atoms with Gasteiger partial charge in [-0.15, -0.1) is 0 Å². The summed E-state index contributed by atoms with van der Waals surface area (Å²) in [6, 6.07) is 8.32. The Balaban J connectivity index is 1.38. The van der Waals surface area contributed by atoms with Gasteiger partial charge in [-0.25, -0.2) is 38.3 Å². The minimum atomic E-state index is -2.98. The minimum absolute atomic E-state index is 0.0167. The predicted octanol–water partition coefficient (Wildman–Crippen LogP) is 3.42. The summed E-state index contributed by atoms with van der Waals surface area (Å²) in [6.07, 6.45) is 7.66. The average Bonchev–Trinajstić information content (AvgIpc) is 3.03. The first-order valence-electron chi connectivity index (χ1n) is 16.0. The quantitative estimate of drug-likeness (QED) is 0.267. The number of hydrogen-bond acceptors (Lipinski definition) is 16. The van der Waals surface area contributed by atoms with Gasteiger partial charge in [0.2, 0.25) is 5.95 Å². The Hall–Kier alpha value is -4.52. The Labute approximate surface area is 291 Å². The second-order valence-electron chi connectivity index (χ2n) is 12.7. The number of nitrogens with zero attached hydrogens (tertiary/aromatic N) is 10. The van der Waals surface area contributed by atoms with E-state index in [0.29, 0.717) is 73.7 Å². The van der Waals surface area contributed by atoms with Gasteiger partial charge in [0.25, 0.3) is 0 Å². The van der Waals surface area contributed by atoms with E-state index >= 15 is 0 Å². The molecule has 6 rings (SSSR count). The second-order valence-corrected chi connectivity index (χ2v) is 17.7. The Morgan fingerprint density at radius 1 is 0.800 bits per heavy atom. The molecule has 16 nitrogen and oxygen atoms in total. The van der Waals surface area contributed by atoms with Crippen molar-refractivity contribution in [3.05, 3.63) is 48.3 Å². The molecule has 0 radical (unpaired) electrons. The van der Waals surface area contributed by atoms with E-state index in [0.717, 1.165) is 0 Å². The Bertz CT molecular complexity index is 2130. The first-order valence-corrected chi connectivity index (χ1v) is 20.4. The molecule has 0 aliphatic carbocycles. The van der Waals surface area contributed by atoms with Crippen LogP contribution in [0.5, 0.6) is 5.75 Å². The highest BCUT2D eigenvalue weighted by atomic mass is 32.2. The Kier molecular flexibility index (Phi) is 10.2. The maximum Gasteiger partial charge on any atom is 0.219 e. The summed E-state index contributed by atoms with van der Waals surface area (Å²) in [7, 11) is -5.51. The fraction of sp³-hybridized carbons (Fsp3) is 0.438. The van der Waals surface area contributed by atoms with E-state index in [1.54, 1.807) is 18.2 Å². The van der Waals surface area contributed by atoms with Gasteiger partial charge in [0.15, 0.2) is 23.3 Å². The summed E-state index contributed by atoms with van der Waals surface area (Å²) >= 11 is 0. The van der Waals surface area contributed by atoms with Crippen LogP contribution in [0.15, 0.2) is 51.5 Å². The normalized spacial score (nSPS) is 19.5. The van der Waals surface area contributed by atoms with E-state index in [2.05, 4.69) is 38.5 Å². The summed E-state index contributed by atoms with van der Waals surface area (Å²) in [5.74, 6) is 2.31. The molecule has 2 aliphatic rings. The van der Waals surface area contributed by atoms with Crippen molar-refractivity contribution >= 4 is 48.7 Å². The number of nitrogens with two attached hydrogens (primary N) is 1. The Morgan fingerprint density at radius 3 is 1.88 bits per heavy atom. The van der Waals surface area contributed by atoms with Crippen molar-refractivity contribution in [1.82, 2.24) is 29.9 Å². The van der Waals surface area contributed by atoms with Gasteiger partial charge in [0.05, 0.1) is 59.6 Å². The zero-order valence-electron chi connectivity index (χ0n) is 28.6. The molecular weight excluding hydrogens is 683 g/mol. The van der Waals surface area contributed by atoms with Crippen LogP contribution in [0, 0.1) is 0 Å². The van der Waals surface area contributed by atoms with Gasteiger partial charge in [0, 0.05) is 71.7 Å². The summed E-state index contributed by atoms with van der Waals surface area (Å²) in [5, 5.41) is 10.8. The zero-order valence-corrected chi connectivity index (χ0v) is 30.2. The lowest BCUT2D eigenvalue weighted by atomic mass is 10.1. The lowest BCUT2D eigenvalue weighted by Crippen LogP contribution is -2.44. The fourth-order valence-corrected chi connectivity index (χ4v) is 7.61. The van der Waals surface area contributed by atoms with Crippen molar-refractivity contribution in [3.8, 4) is 28.5 Å². The lowest BCUT2D eigenvalue weighted by molar-refractivity contribution is 0.0985. The van der Waals surface area contributed by atoms with E-state index in [-0.39, 0.29) is 47.0 Å². The van der Waals surface area contributed by atoms with Crippen LogP contribution in [0.3, 0.4) is 0 Å². The first kappa shape index (κ1) is 35.3. The molecule has 0 spiro atoms. The number of anilines is 3. The molecule has 2 aliphatic heterocycles. The van der Waals surface area contributed by atoms with Crippen molar-refractivity contribution in [2.45, 2.75) is 31.7 Å². The molecule has 1 aromatic carbocycles. The summed E-state index contributed by atoms with van der Waals surface area (Å²) in [4.78, 5) is 31.1. The van der Waals surface area contributed by atoms with E-state index < -0.39 is 19.5 Å². The molecule has 0 bridgehead atoms. The predicted molar refractivity (Wildman–Crippen MR) is 194 cm³/mol. The van der Waals surface area contributed by atoms with Crippen LogP contribution < -0.4 is 15.5 Å². The second kappa shape index (κ2) is 14.4. The van der Waals surface area contributed by atoms with E-state index in [9.17, 15) is 13.5 Å². The van der Waals surface area contributed by atoms with Crippen LogP contribution in [-0.4, -0.2) is 114 Å². The molecule has 1 unspecified atom stereocenters. The van der Waals surface area contributed by atoms with Crippen LogP contribution in [0.1, 0.15) is 19.4 Å². The van der Waals surface area contributed by atoms with Gasteiger partial charge in [-0.05, 0) is 37.6 Å².